The van der Waals surface area contributed by atoms with Gasteiger partial charge in [-0.05, 0) is 25.7 Å². The zero-order valence-electron chi connectivity index (χ0n) is 8.08. The molecule has 0 aromatic carbocycles. The van der Waals surface area contributed by atoms with Gasteiger partial charge in [-0.25, -0.2) is 0 Å². The molecule has 0 bridgehead atoms. The second-order valence-corrected chi connectivity index (χ2v) is 4.40. The van der Waals surface area contributed by atoms with E-state index in [1.807, 2.05) is 0 Å². The summed E-state index contributed by atoms with van der Waals surface area (Å²) in [4.78, 5) is 0. The van der Waals surface area contributed by atoms with E-state index in [1.165, 1.54) is 0 Å². The van der Waals surface area contributed by atoms with Gasteiger partial charge in [0, 0.05) is 16.3 Å². The minimum Gasteiger partial charge on any atom is -0.127 e. The first-order valence-electron chi connectivity index (χ1n) is 4.66. The smallest absolute Gasteiger partial charge is 0.127 e. The van der Waals surface area contributed by atoms with E-state index in [9.17, 15) is 4.57 Å². The van der Waals surface area contributed by atoms with Crippen LogP contribution >= 0.6 is 31.5 Å². The fraction of sp³-hybridized carbons (Fsp3) is 1.00. The second-order valence-electron chi connectivity index (χ2n) is 2.68. The Morgan fingerprint density at radius 3 is 1.64 bits per heavy atom. The summed E-state index contributed by atoms with van der Waals surface area (Å²) in [6.45, 7) is 0.884. The van der Waals surface area contributed by atoms with E-state index in [0.29, 0.717) is 25.0 Å². The Bertz CT molecular complexity index is 133. The lowest BCUT2D eigenvalue weighted by molar-refractivity contribution is 0.221. The lowest BCUT2D eigenvalue weighted by Crippen LogP contribution is -1.92. The molecule has 0 rings (SSSR count). The minimum atomic E-state index is -1.95. The van der Waals surface area contributed by atoms with Crippen LogP contribution in [0.2, 0.25) is 0 Å². The summed E-state index contributed by atoms with van der Waals surface area (Å²) in [5, 5.41) is 0. The maximum atomic E-state index is 11.0. The normalized spacial score (nSPS) is 10.4. The fourth-order valence-corrected chi connectivity index (χ4v) is 1.72. The first-order valence-corrected chi connectivity index (χ1v) is 6.82. The molecule has 0 aliphatic carbocycles. The molecule has 0 atom stereocenters. The van der Waals surface area contributed by atoms with Gasteiger partial charge in [0.05, 0.1) is 0 Å². The van der Waals surface area contributed by atoms with Gasteiger partial charge < -0.3 is 0 Å². The van der Waals surface area contributed by atoms with Crippen molar-refractivity contribution in [1.29, 1.82) is 0 Å². The second kappa shape index (κ2) is 11.7. The Kier molecular flexibility index (Phi) is 12.2. The van der Waals surface area contributed by atoms with Crippen molar-refractivity contribution in [2.24, 2.45) is 0 Å². The van der Waals surface area contributed by atoms with Gasteiger partial charge in [0.2, 0.25) is 0 Å². The number of alkyl halides is 2. The topological polar surface area (TPSA) is 35.5 Å². The highest BCUT2D eigenvalue weighted by Gasteiger charge is 2.18. The largest absolute Gasteiger partial charge is 0.697 e. The summed E-state index contributed by atoms with van der Waals surface area (Å²) in [6.07, 6.45) is 3.37. The summed E-state index contributed by atoms with van der Waals surface area (Å²) in [5.41, 5.74) is 0. The summed E-state index contributed by atoms with van der Waals surface area (Å²) < 4.78 is 20.8. The number of rotatable bonds is 10. The van der Waals surface area contributed by atoms with Crippen LogP contribution < -0.4 is 0 Å². The summed E-state index contributed by atoms with van der Waals surface area (Å²) >= 11 is 10.9. The van der Waals surface area contributed by atoms with Crippen molar-refractivity contribution < 1.29 is 13.6 Å². The molecular formula is C8H16Cl2O3P+. The van der Waals surface area contributed by atoms with Crippen molar-refractivity contribution in [3.05, 3.63) is 0 Å². The van der Waals surface area contributed by atoms with Gasteiger partial charge >= 0.3 is 8.25 Å². The Hall–Kier alpha value is 0.600. The first-order chi connectivity index (χ1) is 6.81. The zero-order valence-corrected chi connectivity index (χ0v) is 10.5. The molecule has 0 saturated carbocycles. The van der Waals surface area contributed by atoms with E-state index < -0.39 is 8.25 Å². The van der Waals surface area contributed by atoms with Gasteiger partial charge in [0.25, 0.3) is 0 Å². The predicted octanol–water partition coefficient (Wildman–Crippen LogP) is 3.72. The highest BCUT2D eigenvalue weighted by molar-refractivity contribution is 7.33. The molecule has 0 aliphatic rings. The molecule has 0 spiro atoms. The molecule has 0 N–H and O–H groups in total. The standard InChI is InChI=1S/C8H16Cl2O3P/c9-5-1-3-7-12-14(11)13-8-4-2-6-10/h1-8H2/q+1. The molecule has 84 valence electrons. The third kappa shape index (κ3) is 10.7. The molecule has 6 heteroatoms. The monoisotopic (exact) mass is 261 g/mol. The fourth-order valence-electron chi connectivity index (χ4n) is 0.709. The van der Waals surface area contributed by atoms with E-state index in [-0.39, 0.29) is 0 Å². The van der Waals surface area contributed by atoms with Gasteiger partial charge in [-0.15, -0.1) is 32.2 Å². The van der Waals surface area contributed by atoms with Gasteiger partial charge in [0.1, 0.15) is 13.2 Å². The van der Waals surface area contributed by atoms with E-state index >= 15 is 0 Å². The Morgan fingerprint density at radius 2 is 1.29 bits per heavy atom. The Labute approximate surface area is 96.0 Å². The highest BCUT2D eigenvalue weighted by atomic mass is 35.5. The number of hydrogen-bond acceptors (Lipinski definition) is 3. The SMILES string of the molecule is O=[P+](OCCCCCl)OCCCCCl. The van der Waals surface area contributed by atoms with Crippen LogP contribution in [0.1, 0.15) is 25.7 Å². The molecule has 0 aliphatic heterocycles. The van der Waals surface area contributed by atoms with Gasteiger partial charge in [-0.1, -0.05) is 0 Å². The predicted molar refractivity (Wildman–Crippen MR) is 59.4 cm³/mol. The quantitative estimate of drug-likeness (QED) is 0.342. The molecule has 0 heterocycles. The molecule has 0 aromatic rings. The zero-order chi connectivity index (χ0) is 10.6. The molecule has 14 heavy (non-hydrogen) atoms. The van der Waals surface area contributed by atoms with Crippen molar-refractivity contribution in [3.63, 3.8) is 0 Å². The Morgan fingerprint density at radius 1 is 0.857 bits per heavy atom. The maximum Gasteiger partial charge on any atom is 0.697 e. The van der Waals surface area contributed by atoms with E-state index in [4.69, 9.17) is 32.2 Å². The van der Waals surface area contributed by atoms with Gasteiger partial charge in [-0.2, -0.15) is 0 Å². The molecule has 0 radical (unpaired) electrons. The molecule has 0 unspecified atom stereocenters. The van der Waals surface area contributed by atoms with Crippen LogP contribution in [0, 0.1) is 0 Å². The van der Waals surface area contributed by atoms with E-state index in [0.717, 1.165) is 25.7 Å². The lowest BCUT2D eigenvalue weighted by Gasteiger charge is -1.92. The minimum absolute atomic E-state index is 0.442. The summed E-state index contributed by atoms with van der Waals surface area (Å²) in [5.74, 6) is 1.22. The Balaban J connectivity index is 3.11. The van der Waals surface area contributed by atoms with Crippen LogP contribution in [0.5, 0.6) is 0 Å². The molecule has 0 saturated heterocycles. The number of unbranched alkanes of at least 4 members (excludes halogenated alkanes) is 2. The van der Waals surface area contributed by atoms with Crippen molar-refractivity contribution in [1.82, 2.24) is 0 Å². The summed E-state index contributed by atoms with van der Waals surface area (Å²) in [6, 6.07) is 0. The van der Waals surface area contributed by atoms with Crippen LogP contribution in [0.25, 0.3) is 0 Å². The van der Waals surface area contributed by atoms with Crippen LogP contribution in [-0.2, 0) is 13.6 Å². The van der Waals surface area contributed by atoms with Crippen LogP contribution in [0.3, 0.4) is 0 Å². The van der Waals surface area contributed by atoms with Crippen LogP contribution in [-0.4, -0.2) is 25.0 Å². The number of halogens is 2. The van der Waals surface area contributed by atoms with E-state index in [2.05, 4.69) is 0 Å². The van der Waals surface area contributed by atoms with Crippen molar-refractivity contribution >= 4 is 31.5 Å². The highest BCUT2D eigenvalue weighted by Crippen LogP contribution is 2.24. The van der Waals surface area contributed by atoms with Gasteiger partial charge in [0.15, 0.2) is 0 Å². The average Bonchev–Trinajstić information content (AvgIpc) is 2.19. The molecule has 0 fully saturated rings. The lowest BCUT2D eigenvalue weighted by atomic mass is 10.4. The van der Waals surface area contributed by atoms with Gasteiger partial charge in [-0.3, -0.25) is 0 Å². The van der Waals surface area contributed by atoms with E-state index in [1.54, 1.807) is 0 Å². The molecule has 3 nitrogen and oxygen atoms in total. The van der Waals surface area contributed by atoms with Crippen molar-refractivity contribution in [2.45, 2.75) is 25.7 Å². The third-order valence-electron chi connectivity index (χ3n) is 1.45. The first kappa shape index (κ1) is 14.6. The molecule has 0 amide bonds. The molecule has 0 aromatic heterocycles. The summed E-state index contributed by atoms with van der Waals surface area (Å²) in [7, 11) is -1.95. The van der Waals surface area contributed by atoms with Crippen molar-refractivity contribution in [2.75, 3.05) is 25.0 Å². The maximum absolute atomic E-state index is 11.0. The molecular weight excluding hydrogens is 246 g/mol. The third-order valence-corrected chi connectivity index (χ3v) is 2.77. The van der Waals surface area contributed by atoms with Crippen LogP contribution in [0.4, 0.5) is 0 Å². The van der Waals surface area contributed by atoms with Crippen LogP contribution in [0.15, 0.2) is 0 Å². The average molecular weight is 262 g/mol. The van der Waals surface area contributed by atoms with Crippen molar-refractivity contribution in [3.8, 4) is 0 Å². The number of hydrogen-bond donors (Lipinski definition) is 0.